The SMILES string of the molecule is COC(=O)[C@H](Cc1ccc(OC)cc1)NC(=O)[C@@H]1CNCCN1C(C)=O. The van der Waals surface area contributed by atoms with Gasteiger partial charge in [-0.15, -0.1) is 0 Å². The normalized spacial score (nSPS) is 18.0. The number of hydrogen-bond acceptors (Lipinski definition) is 6. The Kier molecular flexibility index (Phi) is 6.97. The van der Waals surface area contributed by atoms with Crippen LogP contribution >= 0.6 is 0 Å². The predicted octanol–water partition coefficient (Wildman–Crippen LogP) is -0.284. The van der Waals surface area contributed by atoms with Crippen LogP contribution in [-0.4, -0.2) is 68.6 Å². The van der Waals surface area contributed by atoms with Gasteiger partial charge in [-0.2, -0.15) is 0 Å². The number of nitrogens with one attached hydrogen (secondary N) is 2. The lowest BCUT2D eigenvalue weighted by Gasteiger charge is -2.35. The van der Waals surface area contributed by atoms with Gasteiger partial charge in [0.15, 0.2) is 0 Å². The number of benzene rings is 1. The summed E-state index contributed by atoms with van der Waals surface area (Å²) >= 11 is 0. The Balaban J connectivity index is 2.09. The van der Waals surface area contributed by atoms with Crippen molar-refractivity contribution in [3.8, 4) is 5.75 Å². The number of esters is 1. The average molecular weight is 363 g/mol. The van der Waals surface area contributed by atoms with Crippen LogP contribution < -0.4 is 15.4 Å². The summed E-state index contributed by atoms with van der Waals surface area (Å²) in [4.78, 5) is 38.0. The van der Waals surface area contributed by atoms with E-state index in [1.807, 2.05) is 12.1 Å². The molecule has 2 amide bonds. The lowest BCUT2D eigenvalue weighted by atomic mass is 10.0. The summed E-state index contributed by atoms with van der Waals surface area (Å²) in [6.45, 7) is 2.87. The van der Waals surface area contributed by atoms with Crippen molar-refractivity contribution < 1.29 is 23.9 Å². The number of nitrogens with zero attached hydrogens (tertiary/aromatic N) is 1. The van der Waals surface area contributed by atoms with Crippen LogP contribution in [0.1, 0.15) is 12.5 Å². The molecule has 1 aromatic carbocycles. The molecule has 0 aromatic heterocycles. The first-order chi connectivity index (χ1) is 12.5. The second-order valence-corrected chi connectivity index (χ2v) is 6.07. The smallest absolute Gasteiger partial charge is 0.328 e. The molecule has 2 N–H and O–H groups in total. The van der Waals surface area contributed by atoms with Gasteiger partial charge in [0.1, 0.15) is 17.8 Å². The number of carbonyl (C=O) groups excluding carboxylic acids is 3. The number of piperazine rings is 1. The third kappa shape index (κ3) is 4.95. The summed E-state index contributed by atoms with van der Waals surface area (Å²) < 4.78 is 9.93. The molecule has 26 heavy (non-hydrogen) atoms. The minimum atomic E-state index is -0.836. The van der Waals surface area contributed by atoms with Crippen molar-refractivity contribution in [3.63, 3.8) is 0 Å². The summed E-state index contributed by atoms with van der Waals surface area (Å²) in [6, 6.07) is 5.73. The van der Waals surface area contributed by atoms with E-state index in [1.54, 1.807) is 19.2 Å². The first-order valence-electron chi connectivity index (χ1n) is 8.45. The quantitative estimate of drug-likeness (QED) is 0.675. The molecule has 8 heteroatoms. The molecule has 1 aliphatic heterocycles. The van der Waals surface area contributed by atoms with Crippen molar-refractivity contribution in [3.05, 3.63) is 29.8 Å². The fourth-order valence-electron chi connectivity index (χ4n) is 2.92. The van der Waals surface area contributed by atoms with Crippen molar-refractivity contribution in [2.75, 3.05) is 33.9 Å². The fraction of sp³-hybridized carbons (Fsp3) is 0.500. The second-order valence-electron chi connectivity index (χ2n) is 6.07. The van der Waals surface area contributed by atoms with E-state index >= 15 is 0 Å². The van der Waals surface area contributed by atoms with E-state index in [-0.39, 0.29) is 18.2 Å². The van der Waals surface area contributed by atoms with Crippen molar-refractivity contribution in [1.29, 1.82) is 0 Å². The van der Waals surface area contributed by atoms with Crippen LogP contribution in [0.4, 0.5) is 0 Å². The maximum absolute atomic E-state index is 12.7. The Labute approximate surface area is 152 Å². The maximum atomic E-state index is 12.7. The number of amides is 2. The van der Waals surface area contributed by atoms with Gasteiger partial charge in [-0.3, -0.25) is 9.59 Å². The van der Waals surface area contributed by atoms with Crippen LogP contribution in [0.3, 0.4) is 0 Å². The van der Waals surface area contributed by atoms with Gasteiger partial charge >= 0.3 is 5.97 Å². The van der Waals surface area contributed by atoms with E-state index in [0.717, 1.165) is 5.56 Å². The third-order valence-corrected chi connectivity index (χ3v) is 4.35. The van der Waals surface area contributed by atoms with Crippen LogP contribution in [0, 0.1) is 0 Å². The number of rotatable bonds is 6. The zero-order valence-corrected chi connectivity index (χ0v) is 15.3. The Bertz CT molecular complexity index is 647. The fourth-order valence-corrected chi connectivity index (χ4v) is 2.92. The first-order valence-corrected chi connectivity index (χ1v) is 8.45. The Morgan fingerprint density at radius 2 is 1.96 bits per heavy atom. The van der Waals surface area contributed by atoms with Crippen molar-refractivity contribution >= 4 is 17.8 Å². The molecule has 8 nitrogen and oxygen atoms in total. The standard InChI is InChI=1S/C18H25N3O5/c1-12(22)21-9-8-19-11-16(21)17(23)20-15(18(24)26-3)10-13-4-6-14(25-2)7-5-13/h4-7,15-16,19H,8-11H2,1-3H3,(H,20,23)/t15-,16-/m0/s1. The molecule has 2 atom stereocenters. The highest BCUT2D eigenvalue weighted by Crippen LogP contribution is 2.13. The summed E-state index contributed by atoms with van der Waals surface area (Å²) in [7, 11) is 2.85. The van der Waals surface area contributed by atoms with Gasteiger partial charge in [-0.25, -0.2) is 4.79 Å². The minimum absolute atomic E-state index is 0.170. The van der Waals surface area contributed by atoms with E-state index in [4.69, 9.17) is 9.47 Å². The van der Waals surface area contributed by atoms with Crippen LogP contribution in [0.15, 0.2) is 24.3 Å². The summed E-state index contributed by atoms with van der Waals surface area (Å²) in [5.41, 5.74) is 0.853. The zero-order chi connectivity index (χ0) is 19.1. The molecule has 0 spiro atoms. The molecule has 1 aliphatic rings. The van der Waals surface area contributed by atoms with Crippen LogP contribution in [0.2, 0.25) is 0 Å². The second kappa shape index (κ2) is 9.19. The van der Waals surface area contributed by atoms with Crippen molar-refractivity contribution in [1.82, 2.24) is 15.5 Å². The summed E-state index contributed by atoms with van der Waals surface area (Å²) in [6.07, 6.45) is 0.280. The Hall–Kier alpha value is -2.61. The van der Waals surface area contributed by atoms with E-state index in [2.05, 4.69) is 10.6 Å². The van der Waals surface area contributed by atoms with Crippen molar-refractivity contribution in [2.45, 2.75) is 25.4 Å². The number of methoxy groups -OCH3 is 2. The highest BCUT2D eigenvalue weighted by molar-refractivity contribution is 5.90. The van der Waals surface area contributed by atoms with E-state index in [9.17, 15) is 14.4 Å². The highest BCUT2D eigenvalue weighted by atomic mass is 16.5. The van der Waals surface area contributed by atoms with E-state index in [1.165, 1.54) is 18.9 Å². The molecule has 142 valence electrons. The first kappa shape index (κ1) is 19.7. The third-order valence-electron chi connectivity index (χ3n) is 4.35. The van der Waals surface area contributed by atoms with Crippen molar-refractivity contribution in [2.24, 2.45) is 0 Å². The van der Waals surface area contributed by atoms with Gasteiger partial charge in [-0.05, 0) is 17.7 Å². The van der Waals surface area contributed by atoms with Crippen LogP contribution in [-0.2, 0) is 25.5 Å². The van der Waals surface area contributed by atoms with Gasteiger partial charge in [0.05, 0.1) is 14.2 Å². The van der Waals surface area contributed by atoms with Crippen LogP contribution in [0.25, 0.3) is 0 Å². The molecular formula is C18H25N3O5. The molecule has 2 rings (SSSR count). The van der Waals surface area contributed by atoms with E-state index < -0.39 is 18.1 Å². The molecule has 1 aromatic rings. The van der Waals surface area contributed by atoms with Gasteiger partial charge in [-0.1, -0.05) is 12.1 Å². The molecule has 1 saturated heterocycles. The van der Waals surface area contributed by atoms with Gasteiger partial charge in [0.2, 0.25) is 11.8 Å². The summed E-state index contributed by atoms with van der Waals surface area (Å²) in [5, 5.41) is 5.82. The van der Waals surface area contributed by atoms with Gasteiger partial charge < -0.3 is 25.0 Å². The number of carbonyl (C=O) groups is 3. The topological polar surface area (TPSA) is 97.0 Å². The number of ether oxygens (including phenoxy) is 2. The van der Waals surface area contributed by atoms with Gasteiger partial charge in [0, 0.05) is 33.0 Å². The minimum Gasteiger partial charge on any atom is -0.497 e. The molecule has 1 heterocycles. The zero-order valence-electron chi connectivity index (χ0n) is 15.3. The monoisotopic (exact) mass is 363 g/mol. The van der Waals surface area contributed by atoms with E-state index in [0.29, 0.717) is 25.4 Å². The lowest BCUT2D eigenvalue weighted by Crippen LogP contribution is -2.61. The molecule has 0 radical (unpaired) electrons. The molecule has 0 saturated carbocycles. The number of hydrogen-bond donors (Lipinski definition) is 2. The molecule has 0 bridgehead atoms. The predicted molar refractivity (Wildman–Crippen MR) is 94.7 cm³/mol. The largest absolute Gasteiger partial charge is 0.497 e. The Morgan fingerprint density at radius 1 is 1.27 bits per heavy atom. The molecule has 1 fully saturated rings. The molecular weight excluding hydrogens is 338 g/mol. The molecule has 0 aliphatic carbocycles. The summed E-state index contributed by atoms with van der Waals surface area (Å²) in [5.74, 6) is -0.377. The lowest BCUT2D eigenvalue weighted by molar-refractivity contribution is -0.147. The Morgan fingerprint density at radius 3 is 2.54 bits per heavy atom. The maximum Gasteiger partial charge on any atom is 0.328 e. The van der Waals surface area contributed by atoms with Crippen LogP contribution in [0.5, 0.6) is 5.75 Å². The highest BCUT2D eigenvalue weighted by Gasteiger charge is 2.33. The van der Waals surface area contributed by atoms with Gasteiger partial charge in [0.25, 0.3) is 0 Å². The average Bonchev–Trinajstić information content (AvgIpc) is 2.67. The molecule has 0 unspecified atom stereocenters.